The molecule has 0 radical (unpaired) electrons. The molecule has 0 amide bonds. The van der Waals surface area contributed by atoms with Crippen molar-refractivity contribution in [3.63, 3.8) is 0 Å². The van der Waals surface area contributed by atoms with Crippen molar-refractivity contribution >= 4 is 5.97 Å². The minimum absolute atomic E-state index is 0.210. The van der Waals surface area contributed by atoms with Crippen LogP contribution >= 0.6 is 0 Å². The first-order valence-corrected chi connectivity index (χ1v) is 5.26. The lowest BCUT2D eigenvalue weighted by Crippen LogP contribution is -1.97. The first kappa shape index (κ1) is 12.9. The summed E-state index contributed by atoms with van der Waals surface area (Å²) in [6.45, 7) is 5.51. The fourth-order valence-corrected chi connectivity index (χ4v) is 1.10. The normalized spacial score (nSPS) is 10.4. The van der Waals surface area contributed by atoms with Gasteiger partial charge in [0.25, 0.3) is 0 Å². The topological polar surface area (TPSA) is 26.3 Å². The Labute approximate surface area is 86.6 Å². The largest absolute Gasteiger partial charge is 0.435 e. The van der Waals surface area contributed by atoms with Gasteiger partial charge in [0.05, 0.1) is 6.26 Å². The van der Waals surface area contributed by atoms with Crippen LogP contribution < -0.4 is 0 Å². The van der Waals surface area contributed by atoms with Gasteiger partial charge in [-0.15, -0.1) is 0 Å². The molecule has 0 rings (SSSR count). The molecule has 0 bridgehead atoms. The predicted molar refractivity (Wildman–Crippen MR) is 58.8 cm³/mol. The van der Waals surface area contributed by atoms with Gasteiger partial charge in [-0.2, -0.15) is 0 Å². The molecule has 0 aliphatic carbocycles. The van der Waals surface area contributed by atoms with E-state index in [-0.39, 0.29) is 5.97 Å². The molecule has 0 aliphatic heterocycles. The van der Waals surface area contributed by atoms with Gasteiger partial charge in [-0.1, -0.05) is 38.5 Å². The minimum Gasteiger partial charge on any atom is -0.435 e. The van der Waals surface area contributed by atoms with Crippen molar-refractivity contribution in [3.8, 4) is 0 Å². The van der Waals surface area contributed by atoms with Crippen LogP contribution in [0.25, 0.3) is 0 Å². The van der Waals surface area contributed by atoms with E-state index in [1.165, 1.54) is 25.5 Å². The summed E-state index contributed by atoms with van der Waals surface area (Å²) in [7, 11) is 0. The molecule has 0 atom stereocenters. The average molecular weight is 196 g/mol. The Kier molecular flexibility index (Phi) is 9.28. The van der Waals surface area contributed by atoms with Crippen molar-refractivity contribution in [2.45, 2.75) is 45.4 Å². The third-order valence-corrected chi connectivity index (χ3v) is 1.87. The number of allylic oxidation sites excluding steroid dienone is 2. The molecular formula is C12H20O2. The molecule has 0 aromatic rings. The van der Waals surface area contributed by atoms with E-state index < -0.39 is 0 Å². The van der Waals surface area contributed by atoms with Crippen LogP contribution in [0.4, 0.5) is 0 Å². The highest BCUT2D eigenvalue weighted by Crippen LogP contribution is 2.01. The Bertz CT molecular complexity index is 183. The molecular weight excluding hydrogens is 176 g/mol. The molecule has 2 nitrogen and oxygen atoms in total. The second-order valence-corrected chi connectivity index (χ2v) is 3.16. The number of rotatable bonds is 8. The molecule has 0 heterocycles. The number of carbonyl (C=O) groups is 1. The molecule has 0 aromatic carbocycles. The zero-order chi connectivity index (χ0) is 10.6. The van der Waals surface area contributed by atoms with Gasteiger partial charge in [-0.25, -0.2) is 0 Å². The van der Waals surface area contributed by atoms with E-state index in [1.54, 1.807) is 0 Å². The van der Waals surface area contributed by atoms with Crippen LogP contribution in [0.2, 0.25) is 0 Å². The standard InChI is InChI=1S/C12H20O2/c1-3-5-6-7-8-9-10-11-12(13)14-4-2/h4,8-9H,2-3,5-7,10-11H2,1H3/b9-8+. The van der Waals surface area contributed by atoms with E-state index in [0.29, 0.717) is 6.42 Å². The maximum atomic E-state index is 10.9. The predicted octanol–water partition coefficient (Wildman–Crippen LogP) is 3.59. The monoisotopic (exact) mass is 196 g/mol. The summed E-state index contributed by atoms with van der Waals surface area (Å²) < 4.78 is 4.58. The molecule has 0 unspecified atom stereocenters. The van der Waals surface area contributed by atoms with E-state index in [1.807, 2.05) is 6.08 Å². The van der Waals surface area contributed by atoms with Crippen molar-refractivity contribution in [1.82, 2.24) is 0 Å². The van der Waals surface area contributed by atoms with Crippen LogP contribution in [-0.2, 0) is 9.53 Å². The van der Waals surface area contributed by atoms with Gasteiger partial charge >= 0.3 is 5.97 Å². The lowest BCUT2D eigenvalue weighted by atomic mass is 10.2. The molecule has 2 heteroatoms. The Morgan fingerprint density at radius 2 is 2.00 bits per heavy atom. The lowest BCUT2D eigenvalue weighted by molar-refractivity contribution is -0.137. The summed E-state index contributed by atoms with van der Waals surface area (Å²) in [5.74, 6) is -0.210. The Balaban J connectivity index is 3.25. The molecule has 0 spiro atoms. The third-order valence-electron chi connectivity index (χ3n) is 1.87. The number of carbonyl (C=O) groups excluding carboxylic acids is 1. The second-order valence-electron chi connectivity index (χ2n) is 3.16. The lowest BCUT2D eigenvalue weighted by Gasteiger charge is -1.95. The SMILES string of the molecule is C=COC(=O)CC/C=C/CCCCC. The van der Waals surface area contributed by atoms with Gasteiger partial charge in [0.2, 0.25) is 0 Å². The van der Waals surface area contributed by atoms with Gasteiger partial charge in [-0.05, 0) is 19.3 Å². The van der Waals surface area contributed by atoms with Gasteiger partial charge < -0.3 is 4.74 Å². The average Bonchev–Trinajstić information content (AvgIpc) is 2.17. The number of hydrogen-bond donors (Lipinski definition) is 0. The first-order valence-electron chi connectivity index (χ1n) is 5.26. The summed E-state index contributed by atoms with van der Waals surface area (Å²) in [6.07, 6.45) is 11.4. The van der Waals surface area contributed by atoms with Gasteiger partial charge in [0, 0.05) is 6.42 Å². The maximum Gasteiger partial charge on any atom is 0.310 e. The van der Waals surface area contributed by atoms with Crippen molar-refractivity contribution < 1.29 is 9.53 Å². The smallest absolute Gasteiger partial charge is 0.310 e. The summed E-state index contributed by atoms with van der Waals surface area (Å²) in [6, 6.07) is 0. The molecule has 0 aromatic heterocycles. The highest BCUT2D eigenvalue weighted by molar-refractivity contribution is 5.70. The van der Waals surface area contributed by atoms with Crippen LogP contribution in [0.5, 0.6) is 0 Å². The molecule has 0 saturated carbocycles. The number of hydrogen-bond acceptors (Lipinski definition) is 2. The zero-order valence-corrected chi connectivity index (χ0v) is 9.00. The van der Waals surface area contributed by atoms with Crippen LogP contribution in [-0.4, -0.2) is 5.97 Å². The van der Waals surface area contributed by atoms with Crippen LogP contribution in [0, 0.1) is 0 Å². The Morgan fingerprint density at radius 1 is 1.29 bits per heavy atom. The molecule has 0 N–H and O–H groups in total. The van der Waals surface area contributed by atoms with E-state index >= 15 is 0 Å². The highest BCUT2D eigenvalue weighted by Gasteiger charge is 1.96. The summed E-state index contributed by atoms with van der Waals surface area (Å²) in [4.78, 5) is 10.9. The first-order chi connectivity index (χ1) is 6.81. The Hall–Kier alpha value is -1.05. The van der Waals surface area contributed by atoms with Gasteiger partial charge in [0.1, 0.15) is 0 Å². The number of unbranched alkanes of at least 4 members (excludes halogenated alkanes) is 3. The fraction of sp³-hybridized carbons (Fsp3) is 0.583. The highest BCUT2D eigenvalue weighted by atomic mass is 16.5. The van der Waals surface area contributed by atoms with Crippen molar-refractivity contribution in [2.75, 3.05) is 0 Å². The van der Waals surface area contributed by atoms with E-state index in [4.69, 9.17) is 0 Å². The zero-order valence-electron chi connectivity index (χ0n) is 9.00. The minimum atomic E-state index is -0.210. The summed E-state index contributed by atoms with van der Waals surface area (Å²) in [5, 5.41) is 0. The van der Waals surface area contributed by atoms with E-state index in [2.05, 4.69) is 24.3 Å². The van der Waals surface area contributed by atoms with Crippen LogP contribution in [0.15, 0.2) is 25.0 Å². The summed E-state index contributed by atoms with van der Waals surface area (Å²) in [5.41, 5.74) is 0. The molecule has 80 valence electrons. The molecule has 0 saturated heterocycles. The van der Waals surface area contributed by atoms with Crippen LogP contribution in [0.1, 0.15) is 45.4 Å². The number of esters is 1. The van der Waals surface area contributed by atoms with Crippen molar-refractivity contribution in [2.24, 2.45) is 0 Å². The fourth-order valence-electron chi connectivity index (χ4n) is 1.10. The molecule has 14 heavy (non-hydrogen) atoms. The van der Waals surface area contributed by atoms with Gasteiger partial charge in [0.15, 0.2) is 0 Å². The second kappa shape index (κ2) is 10.0. The van der Waals surface area contributed by atoms with E-state index in [9.17, 15) is 4.79 Å². The maximum absolute atomic E-state index is 10.9. The quantitative estimate of drug-likeness (QED) is 0.257. The Morgan fingerprint density at radius 3 is 2.64 bits per heavy atom. The van der Waals surface area contributed by atoms with Gasteiger partial charge in [-0.3, -0.25) is 4.79 Å². The summed E-state index contributed by atoms with van der Waals surface area (Å²) >= 11 is 0. The van der Waals surface area contributed by atoms with Crippen molar-refractivity contribution in [3.05, 3.63) is 25.0 Å². The van der Waals surface area contributed by atoms with Crippen molar-refractivity contribution in [1.29, 1.82) is 0 Å². The van der Waals surface area contributed by atoms with Crippen LogP contribution in [0.3, 0.4) is 0 Å². The number of ether oxygens (including phenoxy) is 1. The van der Waals surface area contributed by atoms with E-state index in [0.717, 1.165) is 12.8 Å². The molecule has 0 aliphatic rings. The third kappa shape index (κ3) is 9.04. The molecule has 0 fully saturated rings.